The van der Waals surface area contributed by atoms with Gasteiger partial charge < -0.3 is 31.7 Å². The minimum absolute atomic E-state index is 0.0867. The molecule has 2 aromatic carbocycles. The molecule has 0 saturated heterocycles. The average Bonchev–Trinajstić information content (AvgIpc) is 2.96. The number of hydrogen-bond acceptors (Lipinski definition) is 9. The normalized spacial score (nSPS) is 11.0. The monoisotopic (exact) mass is 581 g/mol. The number of rotatable bonds is 11. The van der Waals surface area contributed by atoms with E-state index in [0.29, 0.717) is 36.5 Å². The number of amides is 2. The number of anilines is 5. The lowest BCUT2D eigenvalue weighted by atomic mass is 10.1. The van der Waals surface area contributed by atoms with E-state index < -0.39 is 29.6 Å². The number of carboxylic acid groups (broad SMARTS) is 1. The highest BCUT2D eigenvalue weighted by Crippen LogP contribution is 2.36. The van der Waals surface area contributed by atoms with Crippen molar-refractivity contribution in [3.8, 4) is 0 Å². The number of nitrogens with zero attached hydrogens (tertiary/aromatic N) is 4. The number of benzene rings is 2. The fourth-order valence-corrected chi connectivity index (χ4v) is 3.73. The Bertz CT molecular complexity index is 1550. The Morgan fingerprint density at radius 1 is 0.929 bits per heavy atom. The molecule has 0 radical (unpaired) electrons. The molecule has 0 fully saturated rings. The van der Waals surface area contributed by atoms with Crippen LogP contribution in [0.1, 0.15) is 27.2 Å². The van der Waals surface area contributed by atoms with Crippen molar-refractivity contribution in [3.05, 3.63) is 89.4 Å². The summed E-state index contributed by atoms with van der Waals surface area (Å²) in [6.45, 7) is 0.608. The van der Waals surface area contributed by atoms with Crippen LogP contribution in [0.5, 0.6) is 0 Å². The number of para-hydroxylation sites is 1. The molecule has 0 aliphatic heterocycles. The summed E-state index contributed by atoms with van der Waals surface area (Å²) < 4.78 is 41.2. The average molecular weight is 582 g/mol. The fourth-order valence-electron chi connectivity index (χ4n) is 3.73. The van der Waals surface area contributed by atoms with Crippen molar-refractivity contribution in [2.45, 2.75) is 19.1 Å². The van der Waals surface area contributed by atoms with Crippen LogP contribution >= 0.6 is 0 Å². The molecule has 2 aromatic heterocycles. The second-order valence-electron chi connectivity index (χ2n) is 8.73. The molecule has 0 bridgehead atoms. The van der Waals surface area contributed by atoms with E-state index in [1.165, 1.54) is 19.2 Å². The molecule has 0 spiro atoms. The van der Waals surface area contributed by atoms with Crippen LogP contribution < -0.4 is 26.6 Å². The minimum atomic E-state index is -4.74. The van der Waals surface area contributed by atoms with Crippen molar-refractivity contribution in [1.82, 2.24) is 30.6 Å². The van der Waals surface area contributed by atoms with E-state index in [-0.39, 0.29) is 23.7 Å². The summed E-state index contributed by atoms with van der Waals surface area (Å²) in [6, 6.07) is 14.8. The van der Waals surface area contributed by atoms with Crippen LogP contribution in [0.3, 0.4) is 0 Å². The fraction of sp³-hybridized carbons (Fsp3) is 0.185. The van der Waals surface area contributed by atoms with Crippen LogP contribution in [0.15, 0.2) is 67.0 Å². The number of alkyl halides is 3. The van der Waals surface area contributed by atoms with E-state index in [1.807, 2.05) is 0 Å². The molecule has 0 saturated carbocycles. The Kier molecular flexibility index (Phi) is 9.31. The predicted molar refractivity (Wildman–Crippen MR) is 149 cm³/mol. The van der Waals surface area contributed by atoms with Crippen molar-refractivity contribution >= 4 is 41.1 Å². The second kappa shape index (κ2) is 13.3. The van der Waals surface area contributed by atoms with Crippen LogP contribution in [0.2, 0.25) is 0 Å². The van der Waals surface area contributed by atoms with Crippen LogP contribution in [0.25, 0.3) is 0 Å². The molecule has 0 unspecified atom stereocenters. The number of carbonyl (C=O) groups is 2. The van der Waals surface area contributed by atoms with Gasteiger partial charge in [0.25, 0.3) is 5.91 Å². The van der Waals surface area contributed by atoms with Crippen molar-refractivity contribution < 1.29 is 27.9 Å². The van der Waals surface area contributed by atoms with E-state index in [4.69, 9.17) is 5.11 Å². The van der Waals surface area contributed by atoms with Crippen molar-refractivity contribution in [2.75, 3.05) is 29.5 Å². The third-order valence-electron chi connectivity index (χ3n) is 5.78. The molecule has 15 heteroatoms. The van der Waals surface area contributed by atoms with Crippen LogP contribution in [0, 0.1) is 0 Å². The zero-order valence-electron chi connectivity index (χ0n) is 22.2. The molecular formula is C27H26F3N9O3. The topological polar surface area (TPSA) is 166 Å². The van der Waals surface area contributed by atoms with Gasteiger partial charge in [-0.3, -0.25) is 4.79 Å². The molecule has 2 heterocycles. The Balaban J connectivity index is 1.44. The molecule has 12 nitrogen and oxygen atoms in total. The molecule has 4 aromatic rings. The van der Waals surface area contributed by atoms with E-state index in [0.717, 1.165) is 5.56 Å². The van der Waals surface area contributed by atoms with E-state index in [9.17, 15) is 22.8 Å². The molecular weight excluding hydrogens is 555 g/mol. The van der Waals surface area contributed by atoms with Gasteiger partial charge in [-0.15, -0.1) is 0 Å². The first-order valence-electron chi connectivity index (χ1n) is 12.5. The lowest BCUT2D eigenvalue weighted by Crippen LogP contribution is -2.23. The van der Waals surface area contributed by atoms with E-state index in [2.05, 4.69) is 46.5 Å². The van der Waals surface area contributed by atoms with Crippen LogP contribution in [-0.2, 0) is 19.1 Å². The van der Waals surface area contributed by atoms with Gasteiger partial charge in [-0.25, -0.2) is 19.7 Å². The molecule has 4 rings (SSSR count). The highest BCUT2D eigenvalue weighted by atomic mass is 19.4. The summed E-state index contributed by atoms with van der Waals surface area (Å²) in [5, 5.41) is 22.0. The van der Waals surface area contributed by atoms with Gasteiger partial charge in [0.15, 0.2) is 0 Å². The minimum Gasteiger partial charge on any atom is -0.465 e. The van der Waals surface area contributed by atoms with Gasteiger partial charge in [0.05, 0.1) is 11.3 Å². The third kappa shape index (κ3) is 8.03. The Morgan fingerprint density at radius 3 is 2.40 bits per heavy atom. The zero-order chi connectivity index (χ0) is 30.1. The SMILES string of the molecule is CNC(=O)c1ccccc1Nc1nc(Nc2ccc(CNc3nccc(CCNC(=O)O)n3)cc2)ncc1C(F)(F)F. The Labute approximate surface area is 237 Å². The molecule has 218 valence electrons. The van der Waals surface area contributed by atoms with Gasteiger partial charge in [0.1, 0.15) is 11.4 Å². The summed E-state index contributed by atoms with van der Waals surface area (Å²) in [4.78, 5) is 39.2. The second-order valence-corrected chi connectivity index (χ2v) is 8.73. The lowest BCUT2D eigenvalue weighted by Gasteiger charge is -2.16. The third-order valence-corrected chi connectivity index (χ3v) is 5.78. The maximum Gasteiger partial charge on any atom is 0.421 e. The number of aromatic nitrogens is 4. The highest BCUT2D eigenvalue weighted by Gasteiger charge is 2.35. The zero-order valence-corrected chi connectivity index (χ0v) is 22.2. The number of halogens is 3. The van der Waals surface area contributed by atoms with E-state index >= 15 is 0 Å². The van der Waals surface area contributed by atoms with Crippen molar-refractivity contribution in [3.63, 3.8) is 0 Å². The maximum absolute atomic E-state index is 13.7. The summed E-state index contributed by atoms with van der Waals surface area (Å²) in [6.07, 6.45) is -3.19. The van der Waals surface area contributed by atoms with Gasteiger partial charge in [-0.1, -0.05) is 24.3 Å². The summed E-state index contributed by atoms with van der Waals surface area (Å²) in [5.41, 5.74) is 1.27. The van der Waals surface area contributed by atoms with E-state index in [1.54, 1.807) is 48.7 Å². The maximum atomic E-state index is 13.7. The molecule has 0 aliphatic carbocycles. The van der Waals surface area contributed by atoms with Gasteiger partial charge in [-0.05, 0) is 35.9 Å². The van der Waals surface area contributed by atoms with Crippen molar-refractivity contribution in [2.24, 2.45) is 0 Å². The number of nitrogens with one attached hydrogen (secondary N) is 5. The molecule has 42 heavy (non-hydrogen) atoms. The molecule has 6 N–H and O–H groups in total. The van der Waals surface area contributed by atoms with Gasteiger partial charge in [0, 0.05) is 50.3 Å². The van der Waals surface area contributed by atoms with Gasteiger partial charge in [0.2, 0.25) is 11.9 Å². The first-order chi connectivity index (χ1) is 20.1. The number of hydrogen-bond donors (Lipinski definition) is 6. The van der Waals surface area contributed by atoms with Crippen molar-refractivity contribution in [1.29, 1.82) is 0 Å². The molecule has 0 aliphatic rings. The molecule has 0 atom stereocenters. The smallest absolute Gasteiger partial charge is 0.421 e. The summed E-state index contributed by atoms with van der Waals surface area (Å²) >= 11 is 0. The highest BCUT2D eigenvalue weighted by molar-refractivity contribution is 6.00. The lowest BCUT2D eigenvalue weighted by molar-refractivity contribution is -0.137. The largest absolute Gasteiger partial charge is 0.465 e. The molecule has 2 amide bonds. The number of carbonyl (C=O) groups excluding carboxylic acids is 1. The predicted octanol–water partition coefficient (Wildman–Crippen LogP) is 4.55. The van der Waals surface area contributed by atoms with Gasteiger partial charge >= 0.3 is 12.3 Å². The Hall–Kier alpha value is -5.47. The van der Waals surface area contributed by atoms with Crippen LogP contribution in [0.4, 0.5) is 47.1 Å². The summed E-state index contributed by atoms with van der Waals surface area (Å²) in [5.74, 6) is -0.698. The quantitative estimate of drug-likeness (QED) is 0.148. The first kappa shape index (κ1) is 29.5. The van der Waals surface area contributed by atoms with Gasteiger partial charge in [-0.2, -0.15) is 18.2 Å². The first-order valence-corrected chi connectivity index (χ1v) is 12.5. The summed E-state index contributed by atoms with van der Waals surface area (Å²) in [7, 11) is 1.42. The van der Waals surface area contributed by atoms with Crippen LogP contribution in [-0.4, -0.2) is 50.6 Å². The standard InChI is InChI=1S/C27H26F3N9O3/c1-31-23(40)19-4-2-3-5-21(19)38-22-20(27(28,29)30)15-35-25(39-22)37-17-8-6-16(7-9-17)14-34-24-32-12-10-18(36-24)11-13-33-26(41)42/h2-10,12,15,33H,11,13-14H2,1H3,(H,31,40)(H,41,42)(H,32,34,36)(H2,35,37,38,39). The Morgan fingerprint density at radius 2 is 1.69 bits per heavy atom.